The Morgan fingerprint density at radius 3 is 2.76 bits per heavy atom. The van der Waals surface area contributed by atoms with Crippen molar-refractivity contribution in [2.45, 2.75) is 24.0 Å². The van der Waals surface area contributed by atoms with Crippen LogP contribution in [0, 0.1) is 11.8 Å². The minimum absolute atomic E-state index is 0.432. The molecule has 2 rings (SSSR count). The smallest absolute Gasteiger partial charge is 0.320 e. The molecule has 0 saturated carbocycles. The third-order valence-corrected chi connectivity index (χ3v) is 4.44. The summed E-state index contributed by atoms with van der Waals surface area (Å²) in [7, 11) is 0. The third kappa shape index (κ3) is 2.83. The Balaban J connectivity index is 2.06. The molecule has 1 unspecified atom stereocenters. The summed E-state index contributed by atoms with van der Waals surface area (Å²) >= 11 is 1.53. The standard InChI is InChI=1S/C14H14O2S/c15-13(16)14(10-5-11-17-14)9-4-8-12-6-2-1-3-7-12/h1-3,6-7H,5,9-11H2,(H,15,16). The average molecular weight is 246 g/mol. The molecular weight excluding hydrogens is 232 g/mol. The first-order chi connectivity index (χ1) is 8.23. The van der Waals surface area contributed by atoms with E-state index >= 15 is 0 Å². The quantitative estimate of drug-likeness (QED) is 0.815. The molecule has 0 spiro atoms. The van der Waals surface area contributed by atoms with E-state index in [1.54, 1.807) is 0 Å². The van der Waals surface area contributed by atoms with E-state index in [1.807, 2.05) is 30.3 Å². The molecule has 0 aromatic heterocycles. The predicted molar refractivity (Wildman–Crippen MR) is 70.0 cm³/mol. The van der Waals surface area contributed by atoms with Crippen molar-refractivity contribution in [3.05, 3.63) is 35.9 Å². The van der Waals surface area contributed by atoms with E-state index in [1.165, 1.54) is 11.8 Å². The van der Waals surface area contributed by atoms with Gasteiger partial charge in [0.15, 0.2) is 0 Å². The van der Waals surface area contributed by atoms with Crippen LogP contribution in [0.1, 0.15) is 24.8 Å². The number of benzene rings is 1. The molecule has 1 saturated heterocycles. The van der Waals surface area contributed by atoms with E-state index in [0.29, 0.717) is 6.42 Å². The van der Waals surface area contributed by atoms with Crippen molar-refractivity contribution in [3.8, 4) is 11.8 Å². The van der Waals surface area contributed by atoms with Crippen LogP contribution in [0.4, 0.5) is 0 Å². The lowest BCUT2D eigenvalue weighted by Gasteiger charge is -2.19. The topological polar surface area (TPSA) is 37.3 Å². The maximum Gasteiger partial charge on any atom is 0.320 e. The summed E-state index contributed by atoms with van der Waals surface area (Å²) in [5.74, 6) is 6.25. The van der Waals surface area contributed by atoms with Gasteiger partial charge in [-0.2, -0.15) is 0 Å². The van der Waals surface area contributed by atoms with Crippen LogP contribution in [-0.4, -0.2) is 21.6 Å². The van der Waals surface area contributed by atoms with Crippen molar-refractivity contribution in [2.24, 2.45) is 0 Å². The summed E-state index contributed by atoms with van der Waals surface area (Å²) < 4.78 is -0.665. The fraction of sp³-hybridized carbons (Fsp3) is 0.357. The van der Waals surface area contributed by atoms with Gasteiger partial charge in [0.05, 0.1) is 0 Å². The summed E-state index contributed by atoms with van der Waals surface area (Å²) in [4.78, 5) is 11.3. The van der Waals surface area contributed by atoms with Crippen LogP contribution in [0.2, 0.25) is 0 Å². The Morgan fingerprint density at radius 2 is 2.18 bits per heavy atom. The minimum Gasteiger partial charge on any atom is -0.480 e. The molecular formula is C14H14O2S. The van der Waals surface area contributed by atoms with Crippen LogP contribution in [0.15, 0.2) is 30.3 Å². The Bertz CT molecular complexity index is 450. The number of hydrogen-bond donors (Lipinski definition) is 1. The molecule has 1 fully saturated rings. The molecule has 1 aromatic rings. The highest BCUT2D eigenvalue weighted by Crippen LogP contribution is 2.40. The lowest BCUT2D eigenvalue weighted by Crippen LogP contribution is -2.31. The van der Waals surface area contributed by atoms with Crippen molar-refractivity contribution < 1.29 is 9.90 Å². The van der Waals surface area contributed by atoms with Crippen molar-refractivity contribution in [1.29, 1.82) is 0 Å². The molecule has 1 aliphatic rings. The summed E-state index contributed by atoms with van der Waals surface area (Å²) in [6.45, 7) is 0. The first kappa shape index (κ1) is 12.1. The number of hydrogen-bond acceptors (Lipinski definition) is 2. The zero-order valence-electron chi connectivity index (χ0n) is 9.48. The molecule has 0 amide bonds. The van der Waals surface area contributed by atoms with Crippen molar-refractivity contribution >= 4 is 17.7 Å². The normalized spacial score (nSPS) is 22.8. The van der Waals surface area contributed by atoms with Crippen LogP contribution < -0.4 is 0 Å². The third-order valence-electron chi connectivity index (χ3n) is 2.87. The van der Waals surface area contributed by atoms with E-state index in [-0.39, 0.29) is 0 Å². The summed E-state index contributed by atoms with van der Waals surface area (Å²) in [5, 5.41) is 9.27. The van der Waals surface area contributed by atoms with E-state index < -0.39 is 10.7 Å². The van der Waals surface area contributed by atoms with E-state index in [4.69, 9.17) is 0 Å². The first-order valence-corrected chi connectivity index (χ1v) is 6.63. The minimum atomic E-state index is -0.720. The highest BCUT2D eigenvalue weighted by molar-refractivity contribution is 8.01. The van der Waals surface area contributed by atoms with Gasteiger partial charge in [0.25, 0.3) is 0 Å². The second-order valence-electron chi connectivity index (χ2n) is 4.10. The van der Waals surface area contributed by atoms with E-state index in [9.17, 15) is 9.90 Å². The number of aliphatic carboxylic acids is 1. The van der Waals surface area contributed by atoms with Gasteiger partial charge in [-0.1, -0.05) is 30.0 Å². The van der Waals surface area contributed by atoms with Gasteiger partial charge in [0.1, 0.15) is 4.75 Å². The summed E-state index contributed by atoms with van der Waals surface area (Å²) in [6, 6.07) is 9.67. The van der Waals surface area contributed by atoms with Gasteiger partial charge in [-0.3, -0.25) is 4.79 Å². The van der Waals surface area contributed by atoms with Crippen LogP contribution >= 0.6 is 11.8 Å². The maximum absolute atomic E-state index is 11.3. The number of carboxylic acid groups (broad SMARTS) is 1. The molecule has 1 N–H and O–H groups in total. The maximum atomic E-state index is 11.3. The fourth-order valence-corrected chi connectivity index (χ4v) is 3.16. The van der Waals surface area contributed by atoms with E-state index in [2.05, 4.69) is 11.8 Å². The van der Waals surface area contributed by atoms with Crippen LogP contribution in [0.5, 0.6) is 0 Å². The summed E-state index contributed by atoms with van der Waals surface area (Å²) in [6.07, 6.45) is 2.14. The van der Waals surface area contributed by atoms with Gasteiger partial charge in [0.2, 0.25) is 0 Å². The molecule has 2 nitrogen and oxygen atoms in total. The number of carbonyl (C=O) groups is 1. The molecule has 1 heterocycles. The second-order valence-corrected chi connectivity index (χ2v) is 5.57. The Labute approximate surface area is 105 Å². The highest BCUT2D eigenvalue weighted by Gasteiger charge is 2.41. The Hall–Kier alpha value is -1.40. The zero-order valence-corrected chi connectivity index (χ0v) is 10.3. The van der Waals surface area contributed by atoms with Gasteiger partial charge >= 0.3 is 5.97 Å². The molecule has 88 valence electrons. The second kappa shape index (κ2) is 5.29. The molecule has 3 heteroatoms. The molecule has 1 aliphatic heterocycles. The monoisotopic (exact) mass is 246 g/mol. The molecule has 17 heavy (non-hydrogen) atoms. The van der Waals surface area contributed by atoms with Crippen molar-refractivity contribution in [3.63, 3.8) is 0 Å². The van der Waals surface area contributed by atoms with Gasteiger partial charge in [0, 0.05) is 12.0 Å². The summed E-state index contributed by atoms with van der Waals surface area (Å²) in [5.41, 5.74) is 0.941. The van der Waals surface area contributed by atoms with Gasteiger partial charge in [-0.25, -0.2) is 0 Å². The van der Waals surface area contributed by atoms with Gasteiger partial charge in [-0.15, -0.1) is 11.8 Å². The first-order valence-electron chi connectivity index (χ1n) is 5.64. The van der Waals surface area contributed by atoms with Crippen molar-refractivity contribution in [1.82, 2.24) is 0 Å². The predicted octanol–water partition coefficient (Wildman–Crippen LogP) is 2.78. The molecule has 0 radical (unpaired) electrons. The lowest BCUT2D eigenvalue weighted by atomic mass is 9.99. The van der Waals surface area contributed by atoms with Gasteiger partial charge in [-0.05, 0) is 30.7 Å². The Morgan fingerprint density at radius 1 is 1.41 bits per heavy atom. The fourth-order valence-electron chi connectivity index (χ4n) is 1.89. The molecule has 1 aromatic carbocycles. The highest BCUT2D eigenvalue weighted by atomic mass is 32.2. The Kier molecular flexibility index (Phi) is 3.75. The molecule has 1 atom stereocenters. The number of carboxylic acids is 1. The van der Waals surface area contributed by atoms with Crippen LogP contribution in [0.3, 0.4) is 0 Å². The van der Waals surface area contributed by atoms with Gasteiger partial charge < -0.3 is 5.11 Å². The van der Waals surface area contributed by atoms with Crippen LogP contribution in [-0.2, 0) is 4.79 Å². The molecule has 0 bridgehead atoms. The van der Waals surface area contributed by atoms with Crippen molar-refractivity contribution in [2.75, 3.05) is 5.75 Å². The van der Waals surface area contributed by atoms with E-state index in [0.717, 1.165) is 24.2 Å². The largest absolute Gasteiger partial charge is 0.480 e. The lowest BCUT2D eigenvalue weighted by molar-refractivity contribution is -0.139. The number of rotatable bonds is 2. The number of thioether (sulfide) groups is 1. The zero-order chi connectivity index (χ0) is 12.1. The SMILES string of the molecule is O=C(O)C1(CC#Cc2ccccc2)CCCS1. The molecule has 0 aliphatic carbocycles. The average Bonchev–Trinajstić information content (AvgIpc) is 2.80. The van der Waals surface area contributed by atoms with Crippen LogP contribution in [0.25, 0.3) is 0 Å².